The third-order valence-corrected chi connectivity index (χ3v) is 7.19. The van der Waals surface area contributed by atoms with Crippen molar-refractivity contribution in [2.75, 3.05) is 13.2 Å². The van der Waals surface area contributed by atoms with E-state index in [1.807, 2.05) is 13.8 Å². The molecule has 0 spiro atoms. The van der Waals surface area contributed by atoms with Crippen LogP contribution in [0.4, 0.5) is 0 Å². The predicted molar refractivity (Wildman–Crippen MR) is 72.5 cm³/mol. The Morgan fingerprint density at radius 1 is 1.17 bits per heavy atom. The third kappa shape index (κ3) is 2.73. The summed E-state index contributed by atoms with van der Waals surface area (Å²) in [6.07, 6.45) is 4.50. The maximum atomic E-state index is 12.8. The summed E-state index contributed by atoms with van der Waals surface area (Å²) in [5.41, 5.74) is 0. The van der Waals surface area contributed by atoms with E-state index in [1.165, 1.54) is 0 Å². The van der Waals surface area contributed by atoms with Crippen molar-refractivity contribution in [3.63, 3.8) is 0 Å². The lowest BCUT2D eigenvalue weighted by Gasteiger charge is -2.34. The second kappa shape index (κ2) is 5.88. The van der Waals surface area contributed by atoms with Crippen molar-refractivity contribution in [2.45, 2.75) is 68.6 Å². The van der Waals surface area contributed by atoms with Crippen molar-refractivity contribution in [2.24, 2.45) is 0 Å². The Hall–Kier alpha value is -0.130. The normalized spacial score (nSPS) is 37.9. The van der Waals surface area contributed by atoms with Crippen molar-refractivity contribution in [1.82, 2.24) is 5.32 Å². The van der Waals surface area contributed by atoms with Crippen LogP contribution in [0, 0.1) is 0 Å². The van der Waals surface area contributed by atoms with Crippen molar-refractivity contribution in [1.29, 1.82) is 0 Å². The molecule has 0 aromatic heterocycles. The number of hydrogen-bond acceptors (Lipinski definition) is 4. The largest absolute Gasteiger partial charge is 0.377 e. The van der Waals surface area contributed by atoms with Crippen LogP contribution in [-0.2, 0) is 14.6 Å². The molecule has 0 radical (unpaired) electrons. The molecule has 0 aromatic rings. The summed E-state index contributed by atoms with van der Waals surface area (Å²) >= 11 is 0. The summed E-state index contributed by atoms with van der Waals surface area (Å²) in [7, 11) is -3.07. The smallest absolute Gasteiger partial charge is 0.160 e. The zero-order valence-electron chi connectivity index (χ0n) is 11.4. The predicted octanol–water partition coefficient (Wildman–Crippen LogP) is 1.50. The average Bonchev–Trinajstić information content (AvgIpc) is 2.77. The summed E-state index contributed by atoms with van der Waals surface area (Å²) in [6.45, 7) is 5.36. The van der Waals surface area contributed by atoms with Crippen molar-refractivity contribution < 1.29 is 13.2 Å². The molecule has 1 saturated heterocycles. The van der Waals surface area contributed by atoms with Gasteiger partial charge in [-0.3, -0.25) is 0 Å². The molecule has 0 aromatic carbocycles. The number of hydrogen-bond donors (Lipinski definition) is 1. The molecule has 5 heteroatoms. The molecule has 1 aliphatic carbocycles. The van der Waals surface area contributed by atoms with Gasteiger partial charge in [-0.05, 0) is 32.7 Å². The maximum absolute atomic E-state index is 12.8. The third-order valence-electron chi connectivity index (χ3n) is 4.32. The Labute approximate surface area is 110 Å². The van der Waals surface area contributed by atoms with Gasteiger partial charge in [0.2, 0.25) is 0 Å². The van der Waals surface area contributed by atoms with Gasteiger partial charge >= 0.3 is 0 Å². The molecule has 1 N–H and O–H groups in total. The van der Waals surface area contributed by atoms with Crippen LogP contribution in [0.15, 0.2) is 0 Å². The second-order valence-electron chi connectivity index (χ2n) is 5.48. The van der Waals surface area contributed by atoms with E-state index in [4.69, 9.17) is 4.74 Å². The van der Waals surface area contributed by atoms with Crippen molar-refractivity contribution in [3.05, 3.63) is 0 Å². The first kappa shape index (κ1) is 14.3. The van der Waals surface area contributed by atoms with Gasteiger partial charge in [-0.2, -0.15) is 0 Å². The van der Waals surface area contributed by atoms with E-state index in [0.717, 1.165) is 32.2 Å². The van der Waals surface area contributed by atoms with Crippen molar-refractivity contribution >= 4 is 9.84 Å². The van der Waals surface area contributed by atoms with E-state index in [2.05, 4.69) is 5.32 Å². The minimum absolute atomic E-state index is 0.140. The molecule has 1 saturated carbocycles. The van der Waals surface area contributed by atoms with E-state index in [9.17, 15) is 8.42 Å². The monoisotopic (exact) mass is 275 g/mol. The molecule has 2 rings (SSSR count). The fraction of sp³-hybridized carbons (Fsp3) is 1.00. The van der Waals surface area contributed by atoms with Gasteiger partial charge in [0, 0.05) is 12.6 Å². The molecule has 4 atom stereocenters. The van der Waals surface area contributed by atoms with Gasteiger partial charge in [0.05, 0.1) is 16.6 Å². The molecular formula is C13H25NO3S. The van der Waals surface area contributed by atoms with Crippen molar-refractivity contribution in [3.8, 4) is 0 Å². The fourth-order valence-electron chi connectivity index (χ4n) is 3.35. The standard InChI is InChI=1S/C13H25NO3S/c1-3-14-11-6-4-5-7-13(11)18(15,16)12-8-9-17-10(12)2/h10-14H,3-9H2,1-2H3. The molecule has 106 valence electrons. The van der Waals surface area contributed by atoms with Crippen LogP contribution in [0.25, 0.3) is 0 Å². The van der Waals surface area contributed by atoms with Gasteiger partial charge in [0.1, 0.15) is 0 Å². The summed E-state index contributed by atoms with van der Waals surface area (Å²) < 4.78 is 31.0. The first-order chi connectivity index (χ1) is 8.57. The first-order valence-corrected chi connectivity index (χ1v) is 8.76. The quantitative estimate of drug-likeness (QED) is 0.845. The number of rotatable bonds is 4. The summed E-state index contributed by atoms with van der Waals surface area (Å²) in [5, 5.41) is 2.86. The Morgan fingerprint density at radius 3 is 2.50 bits per heavy atom. The molecule has 18 heavy (non-hydrogen) atoms. The topological polar surface area (TPSA) is 55.4 Å². The molecule has 2 fully saturated rings. The van der Waals surface area contributed by atoms with Gasteiger partial charge in [-0.1, -0.05) is 19.8 Å². The Bertz CT molecular complexity index is 366. The zero-order valence-corrected chi connectivity index (χ0v) is 12.2. The average molecular weight is 275 g/mol. The highest BCUT2D eigenvalue weighted by atomic mass is 32.2. The lowest BCUT2D eigenvalue weighted by atomic mass is 9.95. The van der Waals surface area contributed by atoms with Gasteiger partial charge in [0.25, 0.3) is 0 Å². The number of ether oxygens (including phenoxy) is 1. The van der Waals surface area contributed by atoms with Crippen LogP contribution in [0.1, 0.15) is 46.0 Å². The second-order valence-corrected chi connectivity index (χ2v) is 7.87. The van der Waals surface area contributed by atoms with Crippen LogP contribution in [0.5, 0.6) is 0 Å². The molecule has 2 aliphatic rings. The molecule has 4 nitrogen and oxygen atoms in total. The Morgan fingerprint density at radius 2 is 1.89 bits per heavy atom. The summed E-state index contributed by atoms with van der Waals surface area (Å²) in [4.78, 5) is 0. The number of nitrogens with one attached hydrogen (secondary N) is 1. The van der Waals surface area contributed by atoms with E-state index >= 15 is 0 Å². The molecule has 4 unspecified atom stereocenters. The van der Waals surface area contributed by atoms with Gasteiger partial charge in [0.15, 0.2) is 9.84 Å². The maximum Gasteiger partial charge on any atom is 0.160 e. The molecular weight excluding hydrogens is 250 g/mol. The minimum Gasteiger partial charge on any atom is -0.377 e. The van der Waals surface area contributed by atoms with E-state index in [0.29, 0.717) is 13.0 Å². The highest BCUT2D eigenvalue weighted by Gasteiger charge is 2.44. The van der Waals surface area contributed by atoms with Crippen LogP contribution < -0.4 is 5.32 Å². The minimum atomic E-state index is -3.07. The van der Waals surface area contributed by atoms with E-state index < -0.39 is 9.84 Å². The Kier molecular flexibility index (Phi) is 4.67. The SMILES string of the molecule is CCNC1CCCCC1S(=O)(=O)C1CCOC1C. The molecule has 0 amide bonds. The first-order valence-electron chi connectivity index (χ1n) is 7.15. The van der Waals surface area contributed by atoms with Gasteiger partial charge < -0.3 is 10.1 Å². The van der Waals surface area contributed by atoms with Crippen LogP contribution in [0.2, 0.25) is 0 Å². The van der Waals surface area contributed by atoms with E-state index in [-0.39, 0.29) is 22.6 Å². The highest BCUT2D eigenvalue weighted by Crippen LogP contribution is 2.31. The highest BCUT2D eigenvalue weighted by molar-refractivity contribution is 7.92. The summed E-state index contributed by atoms with van der Waals surface area (Å²) in [5.74, 6) is 0. The van der Waals surface area contributed by atoms with Crippen LogP contribution in [-0.4, -0.2) is 44.2 Å². The van der Waals surface area contributed by atoms with Crippen LogP contribution >= 0.6 is 0 Å². The fourth-order valence-corrected chi connectivity index (χ4v) is 6.03. The molecule has 0 bridgehead atoms. The van der Waals surface area contributed by atoms with E-state index in [1.54, 1.807) is 0 Å². The summed E-state index contributed by atoms with van der Waals surface area (Å²) in [6, 6.07) is 0.140. The molecule has 1 aliphatic heterocycles. The lowest BCUT2D eigenvalue weighted by Crippen LogP contribution is -2.50. The zero-order chi connectivity index (χ0) is 13.2. The van der Waals surface area contributed by atoms with Gasteiger partial charge in [-0.15, -0.1) is 0 Å². The number of sulfone groups is 1. The lowest BCUT2D eigenvalue weighted by molar-refractivity contribution is 0.126. The van der Waals surface area contributed by atoms with Crippen LogP contribution in [0.3, 0.4) is 0 Å². The Balaban J connectivity index is 2.16. The molecule has 1 heterocycles. The van der Waals surface area contributed by atoms with Gasteiger partial charge in [-0.25, -0.2) is 8.42 Å².